The molecule has 1 aliphatic rings. The number of aliphatic imine (C=N–C) groups is 1. The molecule has 0 spiro atoms. The van der Waals surface area contributed by atoms with Crippen molar-refractivity contribution in [1.82, 2.24) is 15.5 Å². The molecule has 150 valence electrons. The predicted octanol–water partition coefficient (Wildman–Crippen LogP) is 3.43. The number of hydrogen-bond acceptors (Lipinski definition) is 2. The zero-order valence-electron chi connectivity index (χ0n) is 16.0. The van der Waals surface area contributed by atoms with E-state index in [1.54, 1.807) is 19.2 Å². The second kappa shape index (κ2) is 11.0. The quantitative estimate of drug-likeness (QED) is 0.366. The summed E-state index contributed by atoms with van der Waals surface area (Å²) in [4.78, 5) is 17.9. The number of hydrogen-bond donors (Lipinski definition) is 2. The molecule has 0 atom stereocenters. The number of benzene rings is 2. The highest BCUT2D eigenvalue weighted by Gasteiger charge is 2.19. The molecule has 7 heteroatoms. The Hall–Kier alpha value is -2.16. The third kappa shape index (κ3) is 6.19. The van der Waals surface area contributed by atoms with Crippen LogP contribution >= 0.6 is 24.0 Å². The second-order valence-corrected chi connectivity index (χ2v) is 6.61. The number of nitrogens with one attached hydrogen (secondary N) is 2. The molecule has 28 heavy (non-hydrogen) atoms. The van der Waals surface area contributed by atoms with Crippen molar-refractivity contribution in [3.8, 4) is 0 Å². The molecule has 1 fully saturated rings. The van der Waals surface area contributed by atoms with Gasteiger partial charge in [-0.2, -0.15) is 0 Å². The number of guanidine groups is 1. The molecule has 2 N–H and O–H groups in total. The van der Waals surface area contributed by atoms with Gasteiger partial charge in [0.1, 0.15) is 5.82 Å². The fourth-order valence-corrected chi connectivity index (χ4v) is 3.16. The Labute approximate surface area is 182 Å². The average molecular weight is 496 g/mol. The van der Waals surface area contributed by atoms with Crippen LogP contribution in [0.25, 0.3) is 0 Å². The van der Waals surface area contributed by atoms with Crippen molar-refractivity contribution in [1.29, 1.82) is 0 Å². The van der Waals surface area contributed by atoms with E-state index in [4.69, 9.17) is 0 Å². The number of rotatable bonds is 6. The van der Waals surface area contributed by atoms with Crippen LogP contribution in [0.15, 0.2) is 53.5 Å². The van der Waals surface area contributed by atoms with Gasteiger partial charge < -0.3 is 15.5 Å². The molecule has 0 saturated carbocycles. The van der Waals surface area contributed by atoms with Crippen molar-refractivity contribution in [2.24, 2.45) is 4.99 Å². The molecule has 1 amide bonds. The van der Waals surface area contributed by atoms with Crippen LogP contribution in [-0.2, 0) is 24.4 Å². The van der Waals surface area contributed by atoms with Crippen LogP contribution in [0, 0.1) is 5.82 Å². The van der Waals surface area contributed by atoms with Gasteiger partial charge in [0.15, 0.2) is 5.96 Å². The molecule has 2 aromatic rings. The molecule has 3 rings (SSSR count). The van der Waals surface area contributed by atoms with Gasteiger partial charge in [0.2, 0.25) is 5.91 Å². The molecule has 1 saturated heterocycles. The number of amides is 1. The third-order valence-electron chi connectivity index (χ3n) is 4.62. The van der Waals surface area contributed by atoms with Gasteiger partial charge >= 0.3 is 0 Å². The first-order valence-corrected chi connectivity index (χ1v) is 9.19. The van der Waals surface area contributed by atoms with Crippen molar-refractivity contribution >= 4 is 35.8 Å². The minimum atomic E-state index is -0.232. The predicted molar refractivity (Wildman–Crippen MR) is 120 cm³/mol. The standard InChI is InChI=1S/C21H25FN4O.HI/c1-23-21(25-14-18-8-2-3-9-19(18)22)24-13-16-6-4-7-17(12-16)15-26-11-5-10-20(26)27;/h2-4,6-9,12H,5,10-11,13-15H2,1H3,(H2,23,24,25);1H. The zero-order chi connectivity index (χ0) is 19.1. The number of carbonyl (C=O) groups is 1. The van der Waals surface area contributed by atoms with Crippen LogP contribution in [0.1, 0.15) is 29.5 Å². The van der Waals surface area contributed by atoms with E-state index in [0.717, 1.165) is 24.1 Å². The monoisotopic (exact) mass is 496 g/mol. The highest BCUT2D eigenvalue weighted by Crippen LogP contribution is 2.15. The molecule has 2 aromatic carbocycles. The van der Waals surface area contributed by atoms with E-state index in [-0.39, 0.29) is 35.7 Å². The van der Waals surface area contributed by atoms with E-state index in [1.807, 2.05) is 29.2 Å². The van der Waals surface area contributed by atoms with Gasteiger partial charge in [-0.15, -0.1) is 24.0 Å². The molecular weight excluding hydrogens is 470 g/mol. The third-order valence-corrected chi connectivity index (χ3v) is 4.62. The van der Waals surface area contributed by atoms with Gasteiger partial charge in [0.25, 0.3) is 0 Å². The van der Waals surface area contributed by atoms with Crippen molar-refractivity contribution in [2.75, 3.05) is 13.6 Å². The number of likely N-dealkylation sites (tertiary alicyclic amines) is 1. The summed E-state index contributed by atoms with van der Waals surface area (Å²) in [5.74, 6) is 0.610. The molecular formula is C21H26FIN4O. The summed E-state index contributed by atoms with van der Waals surface area (Å²) in [6, 6.07) is 14.9. The molecule has 1 heterocycles. The number of halogens is 2. The number of nitrogens with zero attached hydrogens (tertiary/aromatic N) is 2. The maximum atomic E-state index is 13.7. The average Bonchev–Trinajstić information content (AvgIpc) is 3.08. The Morgan fingerprint density at radius 1 is 1.11 bits per heavy atom. The fourth-order valence-electron chi connectivity index (χ4n) is 3.16. The Balaban J connectivity index is 0.00000280. The van der Waals surface area contributed by atoms with Crippen molar-refractivity contribution in [3.05, 3.63) is 71.0 Å². The van der Waals surface area contributed by atoms with Crippen LogP contribution in [0.5, 0.6) is 0 Å². The Morgan fingerprint density at radius 3 is 2.57 bits per heavy atom. The highest BCUT2D eigenvalue weighted by molar-refractivity contribution is 14.0. The lowest BCUT2D eigenvalue weighted by atomic mass is 10.1. The van der Waals surface area contributed by atoms with Crippen LogP contribution < -0.4 is 10.6 Å². The Bertz CT molecular complexity index is 828. The summed E-state index contributed by atoms with van der Waals surface area (Å²) in [6.45, 7) is 2.46. The summed E-state index contributed by atoms with van der Waals surface area (Å²) in [7, 11) is 1.69. The van der Waals surface area contributed by atoms with Crippen molar-refractivity contribution in [3.63, 3.8) is 0 Å². The van der Waals surface area contributed by atoms with Gasteiger partial charge in [0, 0.05) is 45.2 Å². The molecule has 0 bridgehead atoms. The first-order chi connectivity index (χ1) is 13.2. The van der Waals surface area contributed by atoms with Gasteiger partial charge in [-0.25, -0.2) is 4.39 Å². The minimum absolute atomic E-state index is 0. The molecule has 0 aromatic heterocycles. The van der Waals surface area contributed by atoms with Gasteiger partial charge in [0.05, 0.1) is 0 Å². The maximum absolute atomic E-state index is 13.7. The van der Waals surface area contributed by atoms with E-state index in [0.29, 0.717) is 37.6 Å². The van der Waals surface area contributed by atoms with Gasteiger partial charge in [-0.1, -0.05) is 42.5 Å². The SMILES string of the molecule is CN=C(NCc1cccc(CN2CCCC2=O)c1)NCc1ccccc1F.I. The second-order valence-electron chi connectivity index (χ2n) is 6.61. The van der Waals surface area contributed by atoms with Gasteiger partial charge in [-0.05, 0) is 23.6 Å². The molecule has 0 unspecified atom stereocenters. The Morgan fingerprint density at radius 2 is 1.86 bits per heavy atom. The maximum Gasteiger partial charge on any atom is 0.222 e. The van der Waals surface area contributed by atoms with E-state index < -0.39 is 0 Å². The summed E-state index contributed by atoms with van der Waals surface area (Å²) < 4.78 is 13.7. The van der Waals surface area contributed by atoms with Crippen LogP contribution in [0.3, 0.4) is 0 Å². The van der Waals surface area contributed by atoms with Crippen LogP contribution in [-0.4, -0.2) is 30.4 Å². The largest absolute Gasteiger partial charge is 0.352 e. The molecule has 0 aliphatic carbocycles. The molecule has 5 nitrogen and oxygen atoms in total. The van der Waals surface area contributed by atoms with Crippen molar-refractivity contribution < 1.29 is 9.18 Å². The zero-order valence-corrected chi connectivity index (χ0v) is 18.3. The minimum Gasteiger partial charge on any atom is -0.352 e. The lowest BCUT2D eigenvalue weighted by Gasteiger charge is -2.16. The van der Waals surface area contributed by atoms with Crippen LogP contribution in [0.2, 0.25) is 0 Å². The molecule has 0 radical (unpaired) electrons. The first kappa shape index (κ1) is 22.1. The van der Waals surface area contributed by atoms with Crippen LogP contribution in [0.4, 0.5) is 4.39 Å². The van der Waals surface area contributed by atoms with E-state index in [1.165, 1.54) is 6.07 Å². The lowest BCUT2D eigenvalue weighted by molar-refractivity contribution is -0.128. The lowest BCUT2D eigenvalue weighted by Crippen LogP contribution is -2.36. The van der Waals surface area contributed by atoms with E-state index in [2.05, 4.69) is 21.7 Å². The van der Waals surface area contributed by atoms with E-state index in [9.17, 15) is 9.18 Å². The smallest absolute Gasteiger partial charge is 0.222 e. The topological polar surface area (TPSA) is 56.7 Å². The number of carbonyl (C=O) groups excluding carboxylic acids is 1. The van der Waals surface area contributed by atoms with Crippen molar-refractivity contribution in [2.45, 2.75) is 32.5 Å². The summed E-state index contributed by atoms with van der Waals surface area (Å²) in [6.07, 6.45) is 1.61. The highest BCUT2D eigenvalue weighted by atomic mass is 127. The molecule has 1 aliphatic heterocycles. The summed E-state index contributed by atoms with van der Waals surface area (Å²) in [5.41, 5.74) is 2.82. The summed E-state index contributed by atoms with van der Waals surface area (Å²) in [5, 5.41) is 6.36. The van der Waals surface area contributed by atoms with E-state index >= 15 is 0 Å². The first-order valence-electron chi connectivity index (χ1n) is 9.19. The summed E-state index contributed by atoms with van der Waals surface area (Å²) >= 11 is 0. The fraction of sp³-hybridized carbons (Fsp3) is 0.333. The Kier molecular flexibility index (Phi) is 8.69. The normalized spacial score (nSPS) is 14.0. The van der Waals surface area contributed by atoms with Gasteiger partial charge in [-0.3, -0.25) is 9.79 Å².